The van der Waals surface area contributed by atoms with Crippen LogP contribution in [0.25, 0.3) is 0 Å². The van der Waals surface area contributed by atoms with Crippen LogP contribution < -0.4 is 9.47 Å². The van der Waals surface area contributed by atoms with E-state index in [4.69, 9.17) is 14.2 Å². The summed E-state index contributed by atoms with van der Waals surface area (Å²) in [5, 5.41) is 11.1. The summed E-state index contributed by atoms with van der Waals surface area (Å²) in [7, 11) is 1.43. The maximum absolute atomic E-state index is 11.5. The van der Waals surface area contributed by atoms with E-state index in [-0.39, 0.29) is 23.6 Å². The van der Waals surface area contributed by atoms with Gasteiger partial charge < -0.3 is 14.2 Å². The smallest absolute Gasteiger partial charge is 0.314 e. The van der Waals surface area contributed by atoms with Gasteiger partial charge in [0.05, 0.1) is 18.1 Å². The minimum absolute atomic E-state index is 0.0374. The van der Waals surface area contributed by atoms with Crippen molar-refractivity contribution in [2.75, 3.05) is 13.7 Å². The number of ether oxygens (including phenoxy) is 3. The molecule has 7 heteroatoms. The molecule has 0 N–H and O–H groups in total. The first-order chi connectivity index (χ1) is 10.1. The van der Waals surface area contributed by atoms with Crippen molar-refractivity contribution >= 4 is 11.5 Å². The average molecular weight is 295 g/mol. The highest BCUT2D eigenvalue weighted by atomic mass is 16.6. The molecular weight excluding hydrogens is 278 g/mol. The molecule has 7 nitrogen and oxygen atoms in total. The molecule has 0 heterocycles. The van der Waals surface area contributed by atoms with Gasteiger partial charge >= 0.3 is 5.69 Å². The van der Waals surface area contributed by atoms with Crippen molar-refractivity contribution in [2.24, 2.45) is 0 Å². The van der Waals surface area contributed by atoms with E-state index in [1.807, 2.05) is 6.92 Å². The van der Waals surface area contributed by atoms with Gasteiger partial charge in [-0.2, -0.15) is 0 Å². The van der Waals surface area contributed by atoms with Gasteiger partial charge in [0.2, 0.25) is 0 Å². The molecule has 114 valence electrons. The van der Waals surface area contributed by atoms with Gasteiger partial charge in [-0.05, 0) is 18.6 Å². The zero-order valence-electron chi connectivity index (χ0n) is 11.9. The van der Waals surface area contributed by atoms with E-state index in [0.29, 0.717) is 12.4 Å². The van der Waals surface area contributed by atoms with Crippen LogP contribution in [0.2, 0.25) is 0 Å². The lowest BCUT2D eigenvalue weighted by atomic mass is 9.90. The van der Waals surface area contributed by atoms with Crippen LogP contribution in [-0.4, -0.2) is 36.6 Å². The molecule has 0 amide bonds. The van der Waals surface area contributed by atoms with Crippen LogP contribution in [0.4, 0.5) is 5.69 Å². The third-order valence-electron chi connectivity index (χ3n) is 3.20. The van der Waals surface area contributed by atoms with Crippen molar-refractivity contribution in [1.29, 1.82) is 0 Å². The number of benzene rings is 1. The molecule has 2 unspecified atom stereocenters. The largest absolute Gasteiger partial charge is 0.496 e. The SMILES string of the molecule is CCCOC1C(=O)CC1Oc1ccc(OC)cc1[N+](=O)[O-]. The molecule has 1 aliphatic carbocycles. The maximum Gasteiger partial charge on any atom is 0.314 e. The second-order valence-electron chi connectivity index (χ2n) is 4.71. The van der Waals surface area contributed by atoms with Crippen molar-refractivity contribution in [3.05, 3.63) is 28.3 Å². The molecular formula is C14H17NO6. The van der Waals surface area contributed by atoms with Gasteiger partial charge in [0.1, 0.15) is 11.9 Å². The Morgan fingerprint density at radius 1 is 1.43 bits per heavy atom. The van der Waals surface area contributed by atoms with Crippen molar-refractivity contribution in [3.63, 3.8) is 0 Å². The van der Waals surface area contributed by atoms with Crippen LogP contribution in [0.5, 0.6) is 11.5 Å². The summed E-state index contributed by atoms with van der Waals surface area (Å²) in [6.07, 6.45) is -0.112. The zero-order valence-corrected chi connectivity index (χ0v) is 11.9. The summed E-state index contributed by atoms with van der Waals surface area (Å²) >= 11 is 0. The summed E-state index contributed by atoms with van der Waals surface area (Å²) < 4.78 is 15.9. The highest BCUT2D eigenvalue weighted by molar-refractivity contribution is 5.90. The van der Waals surface area contributed by atoms with Gasteiger partial charge in [-0.3, -0.25) is 14.9 Å². The number of nitrogens with zero attached hydrogens (tertiary/aromatic N) is 1. The number of Topliss-reactive ketones (excluding diaryl/α,β-unsaturated/α-hetero) is 1. The number of nitro groups is 1. The van der Waals surface area contributed by atoms with E-state index in [1.165, 1.54) is 19.2 Å². The standard InChI is InChI=1S/C14H17NO6/c1-3-6-20-14-11(16)8-13(14)21-12-5-4-9(19-2)7-10(12)15(17)18/h4-5,7,13-14H,3,6,8H2,1-2H3. The van der Waals surface area contributed by atoms with Crippen LogP contribution in [0.1, 0.15) is 19.8 Å². The molecule has 1 fully saturated rings. The number of hydrogen-bond donors (Lipinski definition) is 0. The number of ketones is 1. The van der Waals surface area contributed by atoms with Gasteiger partial charge in [-0.15, -0.1) is 0 Å². The van der Waals surface area contributed by atoms with Gasteiger partial charge in [0, 0.05) is 13.0 Å². The summed E-state index contributed by atoms with van der Waals surface area (Å²) in [5.74, 6) is 0.450. The van der Waals surface area contributed by atoms with E-state index in [2.05, 4.69) is 0 Å². The Balaban J connectivity index is 2.12. The van der Waals surface area contributed by atoms with Crippen LogP contribution >= 0.6 is 0 Å². The van der Waals surface area contributed by atoms with E-state index < -0.39 is 17.1 Å². The predicted molar refractivity (Wildman–Crippen MR) is 73.7 cm³/mol. The fourth-order valence-electron chi connectivity index (χ4n) is 2.05. The molecule has 21 heavy (non-hydrogen) atoms. The van der Waals surface area contributed by atoms with Gasteiger partial charge in [-0.1, -0.05) is 6.92 Å². The Morgan fingerprint density at radius 3 is 2.76 bits per heavy atom. The van der Waals surface area contributed by atoms with Crippen LogP contribution in [0.15, 0.2) is 18.2 Å². The summed E-state index contributed by atoms with van der Waals surface area (Å²) in [5.41, 5.74) is -0.192. The monoisotopic (exact) mass is 295 g/mol. The number of hydrogen-bond acceptors (Lipinski definition) is 6. The normalized spacial score (nSPS) is 20.8. The van der Waals surface area contributed by atoms with Crippen molar-refractivity contribution < 1.29 is 23.9 Å². The number of carbonyl (C=O) groups excluding carboxylic acids is 1. The second kappa shape index (κ2) is 6.53. The lowest BCUT2D eigenvalue weighted by Gasteiger charge is -2.34. The topological polar surface area (TPSA) is 87.9 Å². The molecule has 1 aliphatic rings. The first-order valence-electron chi connectivity index (χ1n) is 6.70. The lowest BCUT2D eigenvalue weighted by Crippen LogP contribution is -2.52. The number of carbonyl (C=O) groups is 1. The van der Waals surface area contributed by atoms with Gasteiger partial charge in [0.15, 0.2) is 17.6 Å². The summed E-state index contributed by atoms with van der Waals surface area (Å²) in [6, 6.07) is 4.33. The Bertz CT molecular complexity index is 544. The van der Waals surface area contributed by atoms with Crippen LogP contribution in [-0.2, 0) is 9.53 Å². The summed E-state index contributed by atoms with van der Waals surface area (Å²) in [6.45, 7) is 2.40. The number of nitro benzene ring substituents is 1. The van der Waals surface area contributed by atoms with Gasteiger partial charge in [0.25, 0.3) is 0 Å². The number of methoxy groups -OCH3 is 1. The molecule has 2 atom stereocenters. The molecule has 1 aromatic rings. The van der Waals surface area contributed by atoms with Crippen molar-refractivity contribution in [3.8, 4) is 11.5 Å². The molecule has 0 saturated heterocycles. The fraction of sp³-hybridized carbons (Fsp3) is 0.500. The molecule has 0 radical (unpaired) electrons. The molecule has 0 spiro atoms. The third kappa shape index (κ3) is 3.30. The minimum Gasteiger partial charge on any atom is -0.496 e. The highest BCUT2D eigenvalue weighted by Crippen LogP contribution is 2.34. The van der Waals surface area contributed by atoms with Gasteiger partial charge in [-0.25, -0.2) is 0 Å². The Morgan fingerprint density at radius 2 is 2.19 bits per heavy atom. The molecule has 0 aromatic heterocycles. The molecule has 1 aromatic carbocycles. The van der Waals surface area contributed by atoms with E-state index in [9.17, 15) is 14.9 Å². The third-order valence-corrected chi connectivity index (χ3v) is 3.20. The molecule has 0 bridgehead atoms. The van der Waals surface area contributed by atoms with E-state index in [1.54, 1.807) is 6.07 Å². The van der Waals surface area contributed by atoms with Crippen molar-refractivity contribution in [2.45, 2.75) is 32.0 Å². The van der Waals surface area contributed by atoms with Crippen LogP contribution in [0.3, 0.4) is 0 Å². The van der Waals surface area contributed by atoms with E-state index >= 15 is 0 Å². The number of rotatable bonds is 7. The summed E-state index contributed by atoms with van der Waals surface area (Å²) in [4.78, 5) is 22.0. The zero-order chi connectivity index (χ0) is 15.4. The second-order valence-corrected chi connectivity index (χ2v) is 4.71. The Kier molecular flexibility index (Phi) is 4.74. The molecule has 2 rings (SSSR count). The Labute approximate surface area is 122 Å². The minimum atomic E-state index is -0.633. The molecule has 0 aliphatic heterocycles. The highest BCUT2D eigenvalue weighted by Gasteiger charge is 2.43. The average Bonchev–Trinajstić information content (AvgIpc) is 2.47. The van der Waals surface area contributed by atoms with Crippen LogP contribution in [0, 0.1) is 10.1 Å². The quantitative estimate of drug-likeness (QED) is 0.565. The maximum atomic E-state index is 11.5. The lowest BCUT2D eigenvalue weighted by molar-refractivity contribution is -0.386. The first kappa shape index (κ1) is 15.2. The Hall–Kier alpha value is -2.15. The van der Waals surface area contributed by atoms with E-state index in [0.717, 1.165) is 6.42 Å². The molecule has 1 saturated carbocycles. The fourth-order valence-corrected chi connectivity index (χ4v) is 2.05. The van der Waals surface area contributed by atoms with Crippen molar-refractivity contribution in [1.82, 2.24) is 0 Å². The predicted octanol–water partition coefficient (Wildman–Crippen LogP) is 2.12. The first-order valence-corrected chi connectivity index (χ1v) is 6.70.